The van der Waals surface area contributed by atoms with Gasteiger partial charge in [-0.3, -0.25) is 9.69 Å². The van der Waals surface area contributed by atoms with Crippen LogP contribution < -0.4 is 0 Å². The van der Waals surface area contributed by atoms with E-state index in [0.717, 1.165) is 38.9 Å². The lowest BCUT2D eigenvalue weighted by Gasteiger charge is -2.43. The standard InChI is InChI=1S/C20H36N2O4/c1-6-25-18(23)10-9-16-8-7-12-22(16)17-11-13-21(14-15(17)2)19(24)26-20(3,4)5/h15-17H,6-14H2,1-5H3. The van der Waals surface area contributed by atoms with E-state index < -0.39 is 5.60 Å². The van der Waals surface area contributed by atoms with Crippen LogP contribution in [0.4, 0.5) is 4.79 Å². The van der Waals surface area contributed by atoms with E-state index in [0.29, 0.717) is 31.0 Å². The minimum atomic E-state index is -0.454. The van der Waals surface area contributed by atoms with Crippen LogP contribution in [0.25, 0.3) is 0 Å². The van der Waals surface area contributed by atoms with Crippen LogP contribution in [0.1, 0.15) is 66.7 Å². The molecule has 0 bridgehead atoms. The van der Waals surface area contributed by atoms with Crippen LogP contribution in [-0.4, -0.2) is 65.8 Å². The Hall–Kier alpha value is -1.30. The Morgan fingerprint density at radius 3 is 2.50 bits per heavy atom. The second kappa shape index (κ2) is 9.07. The number of hydrogen-bond donors (Lipinski definition) is 0. The molecule has 0 aromatic carbocycles. The zero-order valence-corrected chi connectivity index (χ0v) is 17.1. The molecule has 1 amide bonds. The van der Waals surface area contributed by atoms with Crippen molar-refractivity contribution in [2.45, 2.75) is 84.4 Å². The van der Waals surface area contributed by atoms with E-state index in [-0.39, 0.29) is 12.1 Å². The van der Waals surface area contributed by atoms with Gasteiger partial charge in [-0.05, 0) is 65.8 Å². The lowest BCUT2D eigenvalue weighted by Crippen LogP contribution is -2.53. The molecule has 3 unspecified atom stereocenters. The Morgan fingerprint density at radius 1 is 1.15 bits per heavy atom. The van der Waals surface area contributed by atoms with Crippen molar-refractivity contribution in [3.05, 3.63) is 0 Å². The van der Waals surface area contributed by atoms with Gasteiger partial charge in [-0.15, -0.1) is 0 Å². The van der Waals surface area contributed by atoms with E-state index in [9.17, 15) is 9.59 Å². The first-order valence-corrected chi connectivity index (χ1v) is 10.1. The first kappa shape index (κ1) is 21.0. The van der Waals surface area contributed by atoms with E-state index >= 15 is 0 Å². The predicted molar refractivity (Wildman–Crippen MR) is 101 cm³/mol. The van der Waals surface area contributed by atoms with Crippen molar-refractivity contribution in [2.75, 3.05) is 26.2 Å². The number of piperidine rings is 1. The van der Waals surface area contributed by atoms with Crippen molar-refractivity contribution in [1.82, 2.24) is 9.80 Å². The van der Waals surface area contributed by atoms with Crippen LogP contribution in [0.5, 0.6) is 0 Å². The molecule has 0 aliphatic carbocycles. The molecule has 2 heterocycles. The van der Waals surface area contributed by atoms with Gasteiger partial charge in [0.05, 0.1) is 6.61 Å². The highest BCUT2D eigenvalue weighted by atomic mass is 16.6. The third-order valence-electron chi connectivity index (χ3n) is 5.35. The summed E-state index contributed by atoms with van der Waals surface area (Å²) in [5.74, 6) is 0.312. The second-order valence-corrected chi connectivity index (χ2v) is 8.64. The van der Waals surface area contributed by atoms with Gasteiger partial charge in [-0.2, -0.15) is 0 Å². The van der Waals surface area contributed by atoms with Crippen LogP contribution in [0.3, 0.4) is 0 Å². The number of carbonyl (C=O) groups is 2. The average Bonchev–Trinajstić information content (AvgIpc) is 2.99. The number of hydrogen-bond acceptors (Lipinski definition) is 5. The van der Waals surface area contributed by atoms with E-state index in [2.05, 4.69) is 11.8 Å². The summed E-state index contributed by atoms with van der Waals surface area (Å²) in [5, 5.41) is 0. The highest BCUT2D eigenvalue weighted by Crippen LogP contribution is 2.31. The molecule has 6 heteroatoms. The highest BCUT2D eigenvalue weighted by Gasteiger charge is 2.38. The Bertz CT molecular complexity index is 489. The number of ether oxygens (including phenoxy) is 2. The first-order valence-electron chi connectivity index (χ1n) is 10.1. The van der Waals surface area contributed by atoms with Crippen LogP contribution in [0, 0.1) is 5.92 Å². The molecular formula is C20H36N2O4. The molecule has 2 fully saturated rings. The third kappa shape index (κ3) is 5.86. The van der Waals surface area contributed by atoms with Gasteiger partial charge >= 0.3 is 12.1 Å². The van der Waals surface area contributed by atoms with Crippen molar-refractivity contribution in [2.24, 2.45) is 5.92 Å². The zero-order chi connectivity index (χ0) is 19.3. The maximum Gasteiger partial charge on any atom is 0.410 e. The number of rotatable bonds is 5. The van der Waals surface area contributed by atoms with Gasteiger partial charge in [0.15, 0.2) is 0 Å². The molecule has 150 valence electrons. The fourth-order valence-corrected chi connectivity index (χ4v) is 4.24. The maximum absolute atomic E-state index is 12.3. The largest absolute Gasteiger partial charge is 0.466 e. The lowest BCUT2D eigenvalue weighted by molar-refractivity contribution is -0.143. The van der Waals surface area contributed by atoms with Crippen molar-refractivity contribution >= 4 is 12.1 Å². The molecule has 6 nitrogen and oxygen atoms in total. The van der Waals surface area contributed by atoms with Gasteiger partial charge in [0, 0.05) is 31.6 Å². The van der Waals surface area contributed by atoms with Crippen LogP contribution in [0.15, 0.2) is 0 Å². The third-order valence-corrected chi connectivity index (χ3v) is 5.35. The minimum absolute atomic E-state index is 0.0906. The van der Waals surface area contributed by atoms with Crippen LogP contribution >= 0.6 is 0 Å². The summed E-state index contributed by atoms with van der Waals surface area (Å²) in [4.78, 5) is 28.4. The van der Waals surface area contributed by atoms with E-state index in [1.807, 2.05) is 32.6 Å². The predicted octanol–water partition coefficient (Wildman–Crippen LogP) is 3.44. The molecular weight excluding hydrogens is 332 g/mol. The zero-order valence-electron chi connectivity index (χ0n) is 17.1. The van der Waals surface area contributed by atoms with Gasteiger partial charge in [-0.25, -0.2) is 4.79 Å². The molecule has 0 aromatic rings. The Labute approximate surface area is 158 Å². The molecule has 3 atom stereocenters. The van der Waals surface area contributed by atoms with Crippen LogP contribution in [0.2, 0.25) is 0 Å². The molecule has 2 aliphatic heterocycles. The van der Waals surface area contributed by atoms with Crippen LogP contribution in [-0.2, 0) is 14.3 Å². The topological polar surface area (TPSA) is 59.1 Å². The molecule has 2 rings (SSSR count). The number of likely N-dealkylation sites (tertiary alicyclic amines) is 2. The highest BCUT2D eigenvalue weighted by molar-refractivity contribution is 5.69. The van der Waals surface area contributed by atoms with Gasteiger partial charge in [0.2, 0.25) is 0 Å². The summed E-state index contributed by atoms with van der Waals surface area (Å²) < 4.78 is 10.6. The fourth-order valence-electron chi connectivity index (χ4n) is 4.24. The molecule has 0 N–H and O–H groups in total. The number of esters is 1. The second-order valence-electron chi connectivity index (χ2n) is 8.64. The maximum atomic E-state index is 12.3. The molecule has 0 aromatic heterocycles. The summed E-state index contributed by atoms with van der Waals surface area (Å²) in [6.45, 7) is 12.8. The molecule has 26 heavy (non-hydrogen) atoms. The number of amides is 1. The number of carbonyl (C=O) groups excluding carboxylic acids is 2. The first-order chi connectivity index (χ1) is 12.2. The SMILES string of the molecule is CCOC(=O)CCC1CCCN1C1CCN(C(=O)OC(C)(C)C)CC1C. The van der Waals surface area contributed by atoms with Crippen molar-refractivity contribution < 1.29 is 19.1 Å². The van der Waals surface area contributed by atoms with Gasteiger partial charge < -0.3 is 14.4 Å². The molecule has 2 saturated heterocycles. The van der Waals surface area contributed by atoms with Crippen molar-refractivity contribution in [3.63, 3.8) is 0 Å². The van der Waals surface area contributed by atoms with E-state index in [1.165, 1.54) is 6.42 Å². The smallest absolute Gasteiger partial charge is 0.410 e. The summed E-state index contributed by atoms with van der Waals surface area (Å²) in [6.07, 6.45) is 4.47. The van der Waals surface area contributed by atoms with E-state index in [4.69, 9.17) is 9.47 Å². The molecule has 0 saturated carbocycles. The lowest BCUT2D eigenvalue weighted by atomic mass is 9.91. The summed E-state index contributed by atoms with van der Waals surface area (Å²) in [5.41, 5.74) is -0.454. The summed E-state index contributed by atoms with van der Waals surface area (Å²) >= 11 is 0. The Kier molecular flexibility index (Phi) is 7.33. The molecule has 0 spiro atoms. The molecule has 2 aliphatic rings. The minimum Gasteiger partial charge on any atom is -0.466 e. The normalized spacial score (nSPS) is 27.4. The summed E-state index contributed by atoms with van der Waals surface area (Å²) in [7, 11) is 0. The fraction of sp³-hybridized carbons (Fsp3) is 0.900. The van der Waals surface area contributed by atoms with Crippen molar-refractivity contribution in [1.29, 1.82) is 0 Å². The molecule has 0 radical (unpaired) electrons. The average molecular weight is 369 g/mol. The van der Waals surface area contributed by atoms with Gasteiger partial charge in [-0.1, -0.05) is 6.92 Å². The summed E-state index contributed by atoms with van der Waals surface area (Å²) in [6, 6.07) is 0.934. The Balaban J connectivity index is 1.87. The monoisotopic (exact) mass is 368 g/mol. The van der Waals surface area contributed by atoms with Gasteiger partial charge in [0.25, 0.3) is 0 Å². The number of nitrogens with zero attached hydrogens (tertiary/aromatic N) is 2. The quantitative estimate of drug-likeness (QED) is 0.696. The van der Waals surface area contributed by atoms with Gasteiger partial charge in [0.1, 0.15) is 5.60 Å². The van der Waals surface area contributed by atoms with E-state index in [1.54, 1.807) is 0 Å². The Morgan fingerprint density at radius 2 is 1.88 bits per heavy atom. The van der Waals surface area contributed by atoms with Crippen molar-refractivity contribution in [3.8, 4) is 0 Å².